The summed E-state index contributed by atoms with van der Waals surface area (Å²) in [6.07, 6.45) is 4.84. The Labute approximate surface area is 102 Å². The minimum atomic E-state index is -0.146. The highest BCUT2D eigenvalue weighted by Crippen LogP contribution is 2.30. The number of methoxy groups -OCH3 is 1. The highest BCUT2D eigenvalue weighted by atomic mass is 16.7. The summed E-state index contributed by atoms with van der Waals surface area (Å²) in [7, 11) is 1.64. The Hall–Kier alpha value is -1.48. The summed E-state index contributed by atoms with van der Waals surface area (Å²) in [6, 6.07) is 5.76. The Morgan fingerprint density at radius 2 is 2.24 bits per heavy atom. The summed E-state index contributed by atoms with van der Waals surface area (Å²) < 4.78 is 16.6. The molecule has 0 radical (unpaired) electrons. The lowest BCUT2D eigenvalue weighted by atomic mass is 10.2. The van der Waals surface area contributed by atoms with Crippen LogP contribution in [0.25, 0.3) is 6.08 Å². The van der Waals surface area contributed by atoms with Crippen molar-refractivity contribution < 1.29 is 14.2 Å². The molecule has 1 unspecified atom stereocenters. The fourth-order valence-corrected chi connectivity index (χ4v) is 1.85. The Balaban J connectivity index is 2.10. The zero-order valence-corrected chi connectivity index (χ0v) is 10.1. The molecule has 1 aliphatic rings. The van der Waals surface area contributed by atoms with Crippen LogP contribution in [0.4, 0.5) is 0 Å². The molecule has 0 aromatic heterocycles. The molecule has 0 saturated carbocycles. The third-order valence-corrected chi connectivity index (χ3v) is 2.82. The van der Waals surface area contributed by atoms with E-state index in [0.717, 1.165) is 42.9 Å². The largest absolute Gasteiger partial charge is 0.493 e. The maximum atomic E-state index is 5.80. The van der Waals surface area contributed by atoms with Crippen LogP contribution in [-0.2, 0) is 4.74 Å². The van der Waals surface area contributed by atoms with Crippen LogP contribution in [0.5, 0.6) is 11.5 Å². The smallest absolute Gasteiger partial charge is 0.200 e. The summed E-state index contributed by atoms with van der Waals surface area (Å²) >= 11 is 0. The Bertz CT molecular complexity index is 381. The molecule has 1 heterocycles. The number of benzene rings is 1. The van der Waals surface area contributed by atoms with Crippen LogP contribution in [0.3, 0.4) is 0 Å². The molecule has 1 aliphatic heterocycles. The molecule has 1 fully saturated rings. The minimum Gasteiger partial charge on any atom is -0.493 e. The summed E-state index contributed by atoms with van der Waals surface area (Å²) in [5, 5.41) is 0. The standard InChI is InChI=1S/C14H18O3/c1-3-11-7-8-12(13(10-11)15-2)17-14-6-4-5-9-16-14/h3,7-8,10,14H,1,4-6,9H2,2H3. The molecule has 0 amide bonds. The van der Waals surface area contributed by atoms with Crippen molar-refractivity contribution in [2.75, 3.05) is 13.7 Å². The van der Waals surface area contributed by atoms with E-state index >= 15 is 0 Å². The van der Waals surface area contributed by atoms with Gasteiger partial charge in [0.15, 0.2) is 17.8 Å². The van der Waals surface area contributed by atoms with Crippen molar-refractivity contribution in [3.05, 3.63) is 30.3 Å². The normalized spacial score (nSPS) is 19.7. The van der Waals surface area contributed by atoms with Crippen molar-refractivity contribution in [2.24, 2.45) is 0 Å². The van der Waals surface area contributed by atoms with Crippen molar-refractivity contribution in [3.8, 4) is 11.5 Å². The van der Waals surface area contributed by atoms with Crippen LogP contribution in [0.1, 0.15) is 24.8 Å². The highest BCUT2D eigenvalue weighted by molar-refractivity contribution is 5.54. The van der Waals surface area contributed by atoms with E-state index < -0.39 is 0 Å². The molecule has 1 aromatic carbocycles. The molecule has 3 heteroatoms. The third-order valence-electron chi connectivity index (χ3n) is 2.82. The topological polar surface area (TPSA) is 27.7 Å². The summed E-state index contributed by atoms with van der Waals surface area (Å²) in [5.74, 6) is 1.45. The van der Waals surface area contributed by atoms with E-state index in [-0.39, 0.29) is 6.29 Å². The third kappa shape index (κ3) is 3.01. The zero-order chi connectivity index (χ0) is 12.1. The molecule has 17 heavy (non-hydrogen) atoms. The van der Waals surface area contributed by atoms with Crippen LogP contribution in [0.2, 0.25) is 0 Å². The lowest BCUT2D eigenvalue weighted by molar-refractivity contribution is -0.106. The molecular formula is C14H18O3. The molecule has 3 nitrogen and oxygen atoms in total. The van der Waals surface area contributed by atoms with E-state index in [1.165, 1.54) is 0 Å². The SMILES string of the molecule is C=Cc1ccc(OC2CCCCO2)c(OC)c1. The molecule has 0 aliphatic carbocycles. The lowest BCUT2D eigenvalue weighted by Gasteiger charge is -2.24. The van der Waals surface area contributed by atoms with Crippen molar-refractivity contribution in [1.29, 1.82) is 0 Å². The summed E-state index contributed by atoms with van der Waals surface area (Å²) in [6.45, 7) is 4.51. The molecule has 1 aromatic rings. The van der Waals surface area contributed by atoms with Gasteiger partial charge in [-0.15, -0.1) is 0 Å². The number of ether oxygens (including phenoxy) is 3. The Morgan fingerprint density at radius 3 is 2.88 bits per heavy atom. The van der Waals surface area contributed by atoms with Crippen LogP contribution in [0, 0.1) is 0 Å². The van der Waals surface area contributed by atoms with Crippen LogP contribution >= 0.6 is 0 Å². The van der Waals surface area contributed by atoms with Crippen molar-refractivity contribution in [1.82, 2.24) is 0 Å². The minimum absolute atomic E-state index is 0.146. The van der Waals surface area contributed by atoms with Crippen molar-refractivity contribution in [2.45, 2.75) is 25.6 Å². The van der Waals surface area contributed by atoms with Gasteiger partial charge in [-0.1, -0.05) is 18.7 Å². The van der Waals surface area contributed by atoms with Gasteiger partial charge in [-0.3, -0.25) is 0 Å². The van der Waals surface area contributed by atoms with Crippen LogP contribution < -0.4 is 9.47 Å². The molecule has 0 spiro atoms. The van der Waals surface area contributed by atoms with E-state index in [0.29, 0.717) is 0 Å². The maximum absolute atomic E-state index is 5.80. The quantitative estimate of drug-likeness (QED) is 0.800. The maximum Gasteiger partial charge on any atom is 0.200 e. The first kappa shape index (κ1) is 12.0. The average molecular weight is 234 g/mol. The van der Waals surface area contributed by atoms with Gasteiger partial charge in [-0.25, -0.2) is 0 Å². The fraction of sp³-hybridized carbons (Fsp3) is 0.429. The second-order valence-electron chi connectivity index (χ2n) is 4.03. The monoisotopic (exact) mass is 234 g/mol. The van der Waals surface area contributed by atoms with Gasteiger partial charge in [0, 0.05) is 6.42 Å². The van der Waals surface area contributed by atoms with E-state index in [9.17, 15) is 0 Å². The molecule has 1 atom stereocenters. The highest BCUT2D eigenvalue weighted by Gasteiger charge is 2.17. The molecular weight excluding hydrogens is 216 g/mol. The van der Waals surface area contributed by atoms with Gasteiger partial charge in [-0.2, -0.15) is 0 Å². The first-order valence-corrected chi connectivity index (χ1v) is 5.92. The summed E-state index contributed by atoms with van der Waals surface area (Å²) in [4.78, 5) is 0. The van der Waals surface area contributed by atoms with Crippen molar-refractivity contribution in [3.63, 3.8) is 0 Å². The van der Waals surface area contributed by atoms with Gasteiger partial charge in [0.05, 0.1) is 13.7 Å². The van der Waals surface area contributed by atoms with Gasteiger partial charge in [0.25, 0.3) is 0 Å². The van der Waals surface area contributed by atoms with Gasteiger partial charge in [0.2, 0.25) is 0 Å². The molecule has 0 bridgehead atoms. The first-order valence-electron chi connectivity index (χ1n) is 5.92. The van der Waals surface area contributed by atoms with Gasteiger partial charge >= 0.3 is 0 Å². The number of hydrogen-bond acceptors (Lipinski definition) is 3. The van der Waals surface area contributed by atoms with Crippen LogP contribution in [-0.4, -0.2) is 20.0 Å². The molecule has 1 saturated heterocycles. The van der Waals surface area contributed by atoms with Gasteiger partial charge < -0.3 is 14.2 Å². The van der Waals surface area contributed by atoms with Gasteiger partial charge in [0.1, 0.15) is 0 Å². The Kier molecular flexibility index (Phi) is 4.04. The zero-order valence-electron chi connectivity index (χ0n) is 10.1. The molecule has 92 valence electrons. The van der Waals surface area contributed by atoms with E-state index in [4.69, 9.17) is 14.2 Å². The van der Waals surface area contributed by atoms with Crippen molar-refractivity contribution >= 4 is 6.08 Å². The number of rotatable bonds is 4. The molecule has 2 rings (SSSR count). The second kappa shape index (κ2) is 5.73. The number of hydrogen-bond donors (Lipinski definition) is 0. The van der Waals surface area contributed by atoms with Crippen LogP contribution in [0.15, 0.2) is 24.8 Å². The Morgan fingerprint density at radius 1 is 1.35 bits per heavy atom. The van der Waals surface area contributed by atoms with Gasteiger partial charge in [-0.05, 0) is 30.5 Å². The average Bonchev–Trinajstić information content (AvgIpc) is 2.40. The van der Waals surface area contributed by atoms with E-state index in [2.05, 4.69) is 6.58 Å². The predicted molar refractivity (Wildman–Crippen MR) is 67.3 cm³/mol. The van der Waals surface area contributed by atoms with E-state index in [1.807, 2.05) is 18.2 Å². The van der Waals surface area contributed by atoms with E-state index in [1.54, 1.807) is 13.2 Å². The predicted octanol–water partition coefficient (Wildman–Crippen LogP) is 3.24. The lowest BCUT2D eigenvalue weighted by Crippen LogP contribution is -2.25. The fourth-order valence-electron chi connectivity index (χ4n) is 1.85. The first-order chi connectivity index (χ1) is 8.33. The molecule has 0 N–H and O–H groups in total. The summed E-state index contributed by atoms with van der Waals surface area (Å²) in [5.41, 5.74) is 1.01. The second-order valence-corrected chi connectivity index (χ2v) is 4.03.